The molecule has 1 rings (SSSR count). The molecule has 0 heterocycles. The van der Waals surface area contributed by atoms with Crippen LogP contribution in [0.1, 0.15) is 24.9 Å². The summed E-state index contributed by atoms with van der Waals surface area (Å²) in [5.74, 6) is -0.207. The standard InChI is InChI=1S/C9H12FN.ClH/c1-2-9(11)7-5-3-4-6-8(7)10;/h3-6,9H,2,11H2,1H3;1H. The third-order valence-electron chi connectivity index (χ3n) is 1.74. The van der Waals surface area contributed by atoms with Gasteiger partial charge in [0, 0.05) is 11.6 Å². The fourth-order valence-corrected chi connectivity index (χ4v) is 0.996. The van der Waals surface area contributed by atoms with Crippen molar-refractivity contribution in [1.29, 1.82) is 0 Å². The molecule has 3 heteroatoms. The molecule has 0 aliphatic heterocycles. The minimum Gasteiger partial charge on any atom is -0.324 e. The first-order chi connectivity index (χ1) is 5.25. The first-order valence-corrected chi connectivity index (χ1v) is 3.75. The molecule has 0 saturated heterocycles. The summed E-state index contributed by atoms with van der Waals surface area (Å²) in [5, 5.41) is 0. The molecule has 1 nitrogen and oxygen atoms in total. The van der Waals surface area contributed by atoms with Crippen molar-refractivity contribution in [3.05, 3.63) is 35.6 Å². The molecular formula is C9H13ClFN. The van der Waals surface area contributed by atoms with E-state index >= 15 is 0 Å². The average Bonchev–Trinajstić information content (AvgIpc) is 2.04. The van der Waals surface area contributed by atoms with Crippen molar-refractivity contribution in [2.24, 2.45) is 5.73 Å². The highest BCUT2D eigenvalue weighted by Gasteiger charge is 2.06. The molecule has 0 aliphatic carbocycles. The molecule has 0 fully saturated rings. The van der Waals surface area contributed by atoms with Gasteiger partial charge in [0.1, 0.15) is 5.82 Å². The minimum absolute atomic E-state index is 0. The summed E-state index contributed by atoms with van der Waals surface area (Å²) in [6.07, 6.45) is 0.765. The quantitative estimate of drug-likeness (QED) is 0.761. The Morgan fingerprint density at radius 3 is 2.50 bits per heavy atom. The smallest absolute Gasteiger partial charge is 0.127 e. The lowest BCUT2D eigenvalue weighted by Crippen LogP contribution is -2.10. The summed E-state index contributed by atoms with van der Waals surface area (Å²) in [6, 6.07) is 6.46. The number of halogens is 2. The van der Waals surface area contributed by atoms with Crippen LogP contribution in [-0.4, -0.2) is 0 Å². The third kappa shape index (κ3) is 2.47. The van der Waals surface area contributed by atoms with Gasteiger partial charge in [-0.2, -0.15) is 0 Å². The second-order valence-corrected chi connectivity index (χ2v) is 2.54. The molecule has 1 aromatic carbocycles. The Kier molecular flexibility index (Phi) is 4.86. The summed E-state index contributed by atoms with van der Waals surface area (Å²) in [4.78, 5) is 0. The van der Waals surface area contributed by atoms with Crippen LogP contribution < -0.4 is 5.73 Å². The van der Waals surface area contributed by atoms with E-state index < -0.39 is 0 Å². The van der Waals surface area contributed by atoms with E-state index in [2.05, 4.69) is 0 Å². The lowest BCUT2D eigenvalue weighted by molar-refractivity contribution is 0.575. The van der Waals surface area contributed by atoms with E-state index in [1.807, 2.05) is 6.92 Å². The Labute approximate surface area is 78.2 Å². The fraction of sp³-hybridized carbons (Fsp3) is 0.333. The lowest BCUT2D eigenvalue weighted by atomic mass is 10.1. The number of rotatable bonds is 2. The van der Waals surface area contributed by atoms with Crippen LogP contribution in [0.25, 0.3) is 0 Å². The van der Waals surface area contributed by atoms with Crippen LogP contribution >= 0.6 is 12.4 Å². The van der Waals surface area contributed by atoms with E-state index in [0.717, 1.165) is 6.42 Å². The highest BCUT2D eigenvalue weighted by Crippen LogP contribution is 2.16. The molecule has 0 amide bonds. The van der Waals surface area contributed by atoms with Crippen LogP contribution in [-0.2, 0) is 0 Å². The zero-order valence-corrected chi connectivity index (χ0v) is 7.77. The Balaban J connectivity index is 0.00000121. The highest BCUT2D eigenvalue weighted by atomic mass is 35.5. The predicted octanol–water partition coefficient (Wildman–Crippen LogP) is 2.66. The summed E-state index contributed by atoms with van der Waals surface area (Å²) >= 11 is 0. The molecule has 0 aliphatic rings. The van der Waals surface area contributed by atoms with Gasteiger partial charge in [0.2, 0.25) is 0 Å². The van der Waals surface area contributed by atoms with Crippen LogP contribution in [0.4, 0.5) is 4.39 Å². The van der Waals surface area contributed by atoms with Crippen LogP contribution in [0, 0.1) is 5.82 Å². The molecule has 0 radical (unpaired) electrons. The molecule has 0 spiro atoms. The van der Waals surface area contributed by atoms with Gasteiger partial charge < -0.3 is 5.73 Å². The van der Waals surface area contributed by atoms with Gasteiger partial charge in [0.05, 0.1) is 0 Å². The van der Waals surface area contributed by atoms with Gasteiger partial charge in [-0.1, -0.05) is 25.1 Å². The number of benzene rings is 1. The van der Waals surface area contributed by atoms with E-state index in [9.17, 15) is 4.39 Å². The Morgan fingerprint density at radius 1 is 1.42 bits per heavy atom. The second kappa shape index (κ2) is 5.12. The number of nitrogens with two attached hydrogens (primary N) is 1. The van der Waals surface area contributed by atoms with Gasteiger partial charge in [-0.3, -0.25) is 0 Å². The van der Waals surface area contributed by atoms with E-state index in [1.165, 1.54) is 6.07 Å². The SMILES string of the molecule is CCC(N)c1ccccc1F.Cl. The summed E-state index contributed by atoms with van der Waals surface area (Å²) in [7, 11) is 0. The molecule has 12 heavy (non-hydrogen) atoms. The first kappa shape index (κ1) is 11.4. The molecule has 1 atom stereocenters. The van der Waals surface area contributed by atoms with Gasteiger partial charge in [-0.25, -0.2) is 4.39 Å². The van der Waals surface area contributed by atoms with Crippen LogP contribution in [0.15, 0.2) is 24.3 Å². The Morgan fingerprint density at radius 2 is 2.00 bits per heavy atom. The van der Waals surface area contributed by atoms with Crippen LogP contribution in [0.2, 0.25) is 0 Å². The first-order valence-electron chi connectivity index (χ1n) is 3.75. The normalized spacial score (nSPS) is 11.9. The maximum absolute atomic E-state index is 12.9. The monoisotopic (exact) mass is 189 g/mol. The molecule has 2 N–H and O–H groups in total. The summed E-state index contributed by atoms with van der Waals surface area (Å²) < 4.78 is 12.9. The predicted molar refractivity (Wildman–Crippen MR) is 50.9 cm³/mol. The minimum atomic E-state index is -0.207. The van der Waals surface area contributed by atoms with Gasteiger partial charge in [-0.05, 0) is 12.5 Å². The zero-order valence-electron chi connectivity index (χ0n) is 6.96. The van der Waals surface area contributed by atoms with Crippen molar-refractivity contribution in [3.63, 3.8) is 0 Å². The topological polar surface area (TPSA) is 26.0 Å². The summed E-state index contributed by atoms with van der Waals surface area (Å²) in [6.45, 7) is 1.94. The van der Waals surface area contributed by atoms with Gasteiger partial charge >= 0.3 is 0 Å². The molecular weight excluding hydrogens is 177 g/mol. The second-order valence-electron chi connectivity index (χ2n) is 2.54. The summed E-state index contributed by atoms with van der Waals surface area (Å²) in [5.41, 5.74) is 6.26. The van der Waals surface area contributed by atoms with Gasteiger partial charge in [-0.15, -0.1) is 12.4 Å². The van der Waals surface area contributed by atoms with Crippen LogP contribution in [0.3, 0.4) is 0 Å². The molecule has 1 aromatic rings. The zero-order chi connectivity index (χ0) is 8.27. The molecule has 0 aromatic heterocycles. The molecule has 0 saturated carbocycles. The van der Waals surface area contributed by atoms with Crippen molar-refractivity contribution in [2.75, 3.05) is 0 Å². The third-order valence-corrected chi connectivity index (χ3v) is 1.74. The average molecular weight is 190 g/mol. The van der Waals surface area contributed by atoms with E-state index in [0.29, 0.717) is 5.56 Å². The van der Waals surface area contributed by atoms with Crippen molar-refractivity contribution >= 4 is 12.4 Å². The maximum Gasteiger partial charge on any atom is 0.127 e. The van der Waals surface area contributed by atoms with Crippen molar-refractivity contribution in [3.8, 4) is 0 Å². The van der Waals surface area contributed by atoms with Crippen molar-refractivity contribution < 1.29 is 4.39 Å². The highest BCUT2D eigenvalue weighted by molar-refractivity contribution is 5.85. The molecule has 0 bridgehead atoms. The number of hydrogen-bond acceptors (Lipinski definition) is 1. The lowest BCUT2D eigenvalue weighted by Gasteiger charge is -2.08. The van der Waals surface area contributed by atoms with Gasteiger partial charge in [0.15, 0.2) is 0 Å². The fourth-order valence-electron chi connectivity index (χ4n) is 0.996. The van der Waals surface area contributed by atoms with Crippen molar-refractivity contribution in [2.45, 2.75) is 19.4 Å². The maximum atomic E-state index is 12.9. The Bertz CT molecular complexity index is 240. The van der Waals surface area contributed by atoms with E-state index in [4.69, 9.17) is 5.73 Å². The number of hydrogen-bond donors (Lipinski definition) is 1. The molecule has 1 unspecified atom stereocenters. The van der Waals surface area contributed by atoms with E-state index in [-0.39, 0.29) is 24.3 Å². The van der Waals surface area contributed by atoms with Crippen LogP contribution in [0.5, 0.6) is 0 Å². The van der Waals surface area contributed by atoms with E-state index in [1.54, 1.807) is 18.2 Å². The molecule has 68 valence electrons. The Hall–Kier alpha value is -0.600. The van der Waals surface area contributed by atoms with Crippen molar-refractivity contribution in [1.82, 2.24) is 0 Å². The van der Waals surface area contributed by atoms with Gasteiger partial charge in [0.25, 0.3) is 0 Å². The largest absolute Gasteiger partial charge is 0.324 e.